The normalized spacial score (nSPS) is 10.8. The average molecular weight is 372 g/mol. The number of rotatable bonds is 6. The SMILES string of the molecule is CC(C)(CC(=O)NNC(=O)c1cccnc1)CC(=O)Nc1ccc(F)cc1. The Morgan fingerprint density at radius 3 is 2.30 bits per heavy atom. The number of pyridine rings is 1. The van der Waals surface area contributed by atoms with E-state index in [1.165, 1.54) is 36.7 Å². The van der Waals surface area contributed by atoms with Crippen LogP contribution in [-0.4, -0.2) is 22.7 Å². The molecule has 1 aromatic heterocycles. The Labute approximate surface area is 156 Å². The summed E-state index contributed by atoms with van der Waals surface area (Å²) in [6.07, 6.45) is 3.02. The van der Waals surface area contributed by atoms with Crippen LogP contribution in [0.15, 0.2) is 48.8 Å². The Kier molecular flexibility index (Phi) is 6.59. The fourth-order valence-corrected chi connectivity index (χ4v) is 2.41. The number of nitrogens with zero attached hydrogens (tertiary/aromatic N) is 1. The van der Waals surface area contributed by atoms with Crippen LogP contribution in [0.2, 0.25) is 0 Å². The quantitative estimate of drug-likeness (QED) is 0.678. The van der Waals surface area contributed by atoms with Crippen molar-refractivity contribution in [2.45, 2.75) is 26.7 Å². The van der Waals surface area contributed by atoms with E-state index in [4.69, 9.17) is 0 Å². The summed E-state index contributed by atoms with van der Waals surface area (Å²) in [7, 11) is 0. The van der Waals surface area contributed by atoms with E-state index in [1.807, 2.05) is 0 Å². The second kappa shape index (κ2) is 8.88. The molecule has 0 aliphatic heterocycles. The van der Waals surface area contributed by atoms with Gasteiger partial charge < -0.3 is 5.32 Å². The van der Waals surface area contributed by atoms with Gasteiger partial charge in [-0.2, -0.15) is 0 Å². The van der Waals surface area contributed by atoms with Crippen LogP contribution in [-0.2, 0) is 9.59 Å². The van der Waals surface area contributed by atoms with Crippen molar-refractivity contribution in [1.29, 1.82) is 0 Å². The van der Waals surface area contributed by atoms with Gasteiger partial charge in [0.15, 0.2) is 0 Å². The maximum atomic E-state index is 12.9. The number of aromatic nitrogens is 1. The van der Waals surface area contributed by atoms with E-state index in [0.717, 1.165) is 0 Å². The minimum absolute atomic E-state index is 0.0250. The lowest BCUT2D eigenvalue weighted by molar-refractivity contribution is -0.124. The Balaban J connectivity index is 1.80. The summed E-state index contributed by atoms with van der Waals surface area (Å²) < 4.78 is 12.9. The molecule has 0 aliphatic carbocycles. The minimum Gasteiger partial charge on any atom is -0.326 e. The van der Waals surface area contributed by atoms with Gasteiger partial charge in [0.2, 0.25) is 11.8 Å². The van der Waals surface area contributed by atoms with Crippen LogP contribution in [0.4, 0.5) is 10.1 Å². The molecule has 0 spiro atoms. The first-order valence-electron chi connectivity index (χ1n) is 8.30. The molecule has 0 atom stereocenters. The van der Waals surface area contributed by atoms with Crippen LogP contribution in [0.5, 0.6) is 0 Å². The van der Waals surface area contributed by atoms with Crippen molar-refractivity contribution in [3.05, 3.63) is 60.2 Å². The summed E-state index contributed by atoms with van der Waals surface area (Å²) in [6.45, 7) is 3.53. The van der Waals surface area contributed by atoms with E-state index in [2.05, 4.69) is 21.2 Å². The number of amides is 3. The molecule has 142 valence electrons. The van der Waals surface area contributed by atoms with Crippen LogP contribution >= 0.6 is 0 Å². The first-order valence-corrected chi connectivity index (χ1v) is 8.30. The van der Waals surface area contributed by atoms with Gasteiger partial charge in [0.1, 0.15) is 5.82 Å². The summed E-state index contributed by atoms with van der Waals surface area (Å²) in [4.78, 5) is 39.9. The van der Waals surface area contributed by atoms with Crippen molar-refractivity contribution >= 4 is 23.4 Å². The lowest BCUT2D eigenvalue weighted by Crippen LogP contribution is -2.43. The van der Waals surface area contributed by atoms with Crippen LogP contribution in [0, 0.1) is 11.2 Å². The Morgan fingerprint density at radius 2 is 1.67 bits per heavy atom. The lowest BCUT2D eigenvalue weighted by atomic mass is 9.85. The summed E-state index contributed by atoms with van der Waals surface area (Å²) in [5, 5.41) is 2.66. The Morgan fingerprint density at radius 1 is 1.00 bits per heavy atom. The molecule has 7 nitrogen and oxygen atoms in total. The summed E-state index contributed by atoms with van der Waals surface area (Å²) in [6, 6.07) is 8.60. The summed E-state index contributed by atoms with van der Waals surface area (Å²) >= 11 is 0. The molecule has 27 heavy (non-hydrogen) atoms. The van der Waals surface area contributed by atoms with Crippen molar-refractivity contribution in [3.63, 3.8) is 0 Å². The maximum Gasteiger partial charge on any atom is 0.271 e. The number of hydrogen-bond acceptors (Lipinski definition) is 4. The van der Waals surface area contributed by atoms with Crippen LogP contribution in [0.1, 0.15) is 37.0 Å². The van der Waals surface area contributed by atoms with E-state index < -0.39 is 23.0 Å². The molecule has 0 saturated heterocycles. The monoisotopic (exact) mass is 372 g/mol. The van der Waals surface area contributed by atoms with Gasteiger partial charge in [0, 0.05) is 30.9 Å². The number of hydrazine groups is 1. The highest BCUT2D eigenvalue weighted by atomic mass is 19.1. The molecule has 0 aliphatic rings. The second-order valence-electron chi connectivity index (χ2n) is 6.82. The topological polar surface area (TPSA) is 100 Å². The third-order valence-electron chi connectivity index (χ3n) is 3.65. The van der Waals surface area contributed by atoms with E-state index in [9.17, 15) is 18.8 Å². The molecule has 2 aromatic rings. The molecule has 0 saturated carbocycles. The molecule has 3 N–H and O–H groups in total. The molecule has 0 unspecified atom stereocenters. The van der Waals surface area contributed by atoms with Crippen LogP contribution in [0.25, 0.3) is 0 Å². The Hall–Kier alpha value is -3.29. The second-order valence-corrected chi connectivity index (χ2v) is 6.82. The van der Waals surface area contributed by atoms with Gasteiger partial charge >= 0.3 is 0 Å². The van der Waals surface area contributed by atoms with Gasteiger partial charge in [-0.05, 0) is 41.8 Å². The molecule has 2 rings (SSSR count). The number of carbonyl (C=O) groups is 3. The Bertz CT molecular complexity index is 807. The van der Waals surface area contributed by atoms with Gasteiger partial charge in [-0.1, -0.05) is 13.8 Å². The van der Waals surface area contributed by atoms with Gasteiger partial charge in [0.25, 0.3) is 5.91 Å². The predicted molar refractivity (Wildman–Crippen MR) is 97.9 cm³/mol. The van der Waals surface area contributed by atoms with Crippen LogP contribution in [0.3, 0.4) is 0 Å². The third-order valence-corrected chi connectivity index (χ3v) is 3.65. The molecule has 1 aromatic carbocycles. The van der Waals surface area contributed by atoms with Crippen molar-refractivity contribution in [3.8, 4) is 0 Å². The third kappa shape index (κ3) is 6.85. The largest absolute Gasteiger partial charge is 0.326 e. The summed E-state index contributed by atoms with van der Waals surface area (Å²) in [5.41, 5.74) is 4.78. The molecule has 1 heterocycles. The van der Waals surface area contributed by atoms with Gasteiger partial charge in [-0.25, -0.2) is 4.39 Å². The van der Waals surface area contributed by atoms with Crippen LogP contribution < -0.4 is 16.2 Å². The highest BCUT2D eigenvalue weighted by Crippen LogP contribution is 2.25. The molecule has 3 amide bonds. The van der Waals surface area contributed by atoms with Gasteiger partial charge in [-0.3, -0.25) is 30.2 Å². The van der Waals surface area contributed by atoms with Crippen molar-refractivity contribution in [2.75, 3.05) is 5.32 Å². The number of benzene rings is 1. The maximum absolute atomic E-state index is 12.9. The number of anilines is 1. The van der Waals surface area contributed by atoms with E-state index in [-0.39, 0.29) is 18.7 Å². The molecule has 0 fully saturated rings. The molecule has 0 bridgehead atoms. The van der Waals surface area contributed by atoms with Crippen molar-refractivity contribution in [2.24, 2.45) is 5.41 Å². The zero-order valence-electron chi connectivity index (χ0n) is 15.1. The van der Waals surface area contributed by atoms with Crippen molar-refractivity contribution in [1.82, 2.24) is 15.8 Å². The lowest BCUT2D eigenvalue weighted by Gasteiger charge is -2.23. The first-order chi connectivity index (χ1) is 12.7. The van der Waals surface area contributed by atoms with Crippen molar-refractivity contribution < 1.29 is 18.8 Å². The number of nitrogens with one attached hydrogen (secondary N) is 3. The summed E-state index contributed by atoms with van der Waals surface area (Å²) in [5.74, 6) is -1.59. The number of carbonyl (C=O) groups excluding carboxylic acids is 3. The molecule has 8 heteroatoms. The minimum atomic E-state index is -0.646. The number of hydrogen-bond donors (Lipinski definition) is 3. The first kappa shape index (κ1) is 20.0. The van der Waals surface area contributed by atoms with Gasteiger partial charge in [-0.15, -0.1) is 0 Å². The highest BCUT2D eigenvalue weighted by molar-refractivity contribution is 5.95. The predicted octanol–water partition coefficient (Wildman–Crippen LogP) is 2.43. The average Bonchev–Trinajstić information content (AvgIpc) is 2.61. The smallest absolute Gasteiger partial charge is 0.271 e. The van der Waals surface area contributed by atoms with Gasteiger partial charge in [0.05, 0.1) is 5.56 Å². The molecular weight excluding hydrogens is 351 g/mol. The fourth-order valence-electron chi connectivity index (χ4n) is 2.41. The van der Waals surface area contributed by atoms with E-state index in [0.29, 0.717) is 11.3 Å². The number of halogens is 1. The highest BCUT2D eigenvalue weighted by Gasteiger charge is 2.25. The molecule has 0 radical (unpaired) electrons. The fraction of sp³-hybridized carbons (Fsp3) is 0.263. The zero-order valence-corrected chi connectivity index (χ0v) is 15.1. The standard InChI is InChI=1S/C19H21FN4O3/c1-19(2,10-16(25)22-15-7-5-14(20)6-8-15)11-17(26)23-24-18(27)13-4-3-9-21-12-13/h3-9,12H,10-11H2,1-2H3,(H,22,25)(H,23,26)(H,24,27). The zero-order chi connectivity index (χ0) is 19.9. The molecular formula is C19H21FN4O3. The van der Waals surface area contributed by atoms with E-state index in [1.54, 1.807) is 26.0 Å². The van der Waals surface area contributed by atoms with E-state index >= 15 is 0 Å².